The molecule has 1 unspecified atom stereocenters. The third-order valence-electron chi connectivity index (χ3n) is 9.11. The van der Waals surface area contributed by atoms with Crippen LogP contribution >= 0.6 is 0 Å². The smallest absolute Gasteiger partial charge is 0.426 e. The molecule has 0 heterocycles. The summed E-state index contributed by atoms with van der Waals surface area (Å²) >= 11 is 0. The van der Waals surface area contributed by atoms with Crippen LogP contribution in [0.3, 0.4) is 0 Å². The number of guanidine groups is 1. The molecule has 5 aromatic carbocycles. The highest BCUT2D eigenvalue weighted by atomic mass is 16.6. The van der Waals surface area contributed by atoms with Crippen molar-refractivity contribution in [1.29, 1.82) is 0 Å². The van der Waals surface area contributed by atoms with E-state index in [0.29, 0.717) is 32.7 Å². The van der Waals surface area contributed by atoms with Crippen molar-refractivity contribution in [3.8, 4) is 5.75 Å². The van der Waals surface area contributed by atoms with Gasteiger partial charge >= 0.3 is 12.2 Å². The summed E-state index contributed by atoms with van der Waals surface area (Å²) in [6, 6.07) is 39.7. The van der Waals surface area contributed by atoms with Gasteiger partial charge in [-0.25, -0.2) is 9.59 Å². The van der Waals surface area contributed by atoms with E-state index in [1.54, 1.807) is 79.7 Å². The fourth-order valence-corrected chi connectivity index (χ4v) is 6.29. The third kappa shape index (κ3) is 10.8. The summed E-state index contributed by atoms with van der Waals surface area (Å²) in [4.78, 5) is 64.3. The maximum Gasteiger partial charge on any atom is 0.426 e. The highest BCUT2D eigenvalue weighted by Crippen LogP contribution is 2.34. The fourth-order valence-electron chi connectivity index (χ4n) is 6.29. The zero-order valence-corrected chi connectivity index (χ0v) is 31.0. The molecular weight excluding hydrogens is 711 g/mol. The van der Waals surface area contributed by atoms with Crippen molar-refractivity contribution in [2.24, 2.45) is 16.5 Å². The van der Waals surface area contributed by atoms with Gasteiger partial charge in [0.05, 0.1) is 12.0 Å². The molecule has 0 aliphatic heterocycles. The summed E-state index contributed by atoms with van der Waals surface area (Å²) in [5.41, 5.74) is 14.3. The van der Waals surface area contributed by atoms with Crippen LogP contribution in [-0.2, 0) is 32.3 Å². The summed E-state index contributed by atoms with van der Waals surface area (Å²) in [6.45, 7) is 1.32. The van der Waals surface area contributed by atoms with Gasteiger partial charge in [-0.2, -0.15) is 0 Å². The predicted octanol–water partition coefficient (Wildman–Crippen LogP) is 7.04. The molecule has 0 fully saturated rings. The van der Waals surface area contributed by atoms with Crippen molar-refractivity contribution in [3.05, 3.63) is 173 Å². The first-order chi connectivity index (χ1) is 27.1. The van der Waals surface area contributed by atoms with Crippen molar-refractivity contribution < 1.29 is 33.8 Å². The van der Waals surface area contributed by atoms with Gasteiger partial charge in [-0.3, -0.25) is 14.6 Å². The first kappa shape index (κ1) is 40.2. The van der Waals surface area contributed by atoms with Crippen LogP contribution in [0.4, 0.5) is 9.59 Å². The van der Waals surface area contributed by atoms with E-state index in [9.17, 15) is 14.7 Å². The van der Waals surface area contributed by atoms with Crippen molar-refractivity contribution in [1.82, 2.24) is 9.80 Å². The van der Waals surface area contributed by atoms with E-state index in [1.165, 1.54) is 17.0 Å². The lowest BCUT2D eigenvalue weighted by molar-refractivity contribution is -0.147. The van der Waals surface area contributed by atoms with Crippen molar-refractivity contribution >= 4 is 30.0 Å². The number of benzene rings is 5. The summed E-state index contributed by atoms with van der Waals surface area (Å²) in [7, 11) is 0. The van der Waals surface area contributed by atoms with E-state index in [0.717, 1.165) is 0 Å². The van der Waals surface area contributed by atoms with Crippen LogP contribution in [0.15, 0.2) is 151 Å². The Hall–Kier alpha value is -6.95. The zero-order chi connectivity index (χ0) is 39.9. The Kier molecular flexibility index (Phi) is 14.3. The number of aromatic hydroxyl groups is 1. The lowest BCUT2D eigenvalue weighted by Crippen LogP contribution is -2.56. The lowest BCUT2D eigenvalue weighted by Gasteiger charge is -2.39. The van der Waals surface area contributed by atoms with Crippen LogP contribution in [0.25, 0.3) is 0 Å². The molecule has 0 aliphatic carbocycles. The highest BCUT2D eigenvalue weighted by molar-refractivity contribution is 6.09. The van der Waals surface area contributed by atoms with Gasteiger partial charge in [-0.1, -0.05) is 133 Å². The van der Waals surface area contributed by atoms with E-state index in [4.69, 9.17) is 20.9 Å². The number of nitrogens with zero attached hydrogens (tertiary/aromatic N) is 3. The molecule has 5 rings (SSSR count). The molecule has 0 radical (unpaired) electrons. The minimum absolute atomic E-state index is 0.00336. The van der Waals surface area contributed by atoms with Crippen LogP contribution in [0.1, 0.15) is 59.5 Å². The molecule has 5 N–H and O–H groups in total. The van der Waals surface area contributed by atoms with Gasteiger partial charge in [-0.15, -0.1) is 4.90 Å². The van der Waals surface area contributed by atoms with Crippen LogP contribution in [0, 0.1) is 0 Å². The Bertz CT molecular complexity index is 1970. The Morgan fingerprint density at radius 2 is 1.07 bits per heavy atom. The van der Waals surface area contributed by atoms with Crippen LogP contribution in [-0.4, -0.2) is 57.5 Å². The van der Waals surface area contributed by atoms with Crippen LogP contribution in [0.5, 0.6) is 5.75 Å². The van der Waals surface area contributed by atoms with Gasteiger partial charge < -0.3 is 30.9 Å². The van der Waals surface area contributed by atoms with Crippen molar-refractivity contribution in [2.45, 2.75) is 51.0 Å². The molecule has 2 atom stereocenters. The Morgan fingerprint density at radius 3 is 1.52 bits per heavy atom. The first-order valence-corrected chi connectivity index (χ1v) is 18.2. The Balaban J connectivity index is 1.63. The highest BCUT2D eigenvalue weighted by Gasteiger charge is 2.44. The van der Waals surface area contributed by atoms with E-state index in [1.807, 2.05) is 60.7 Å². The lowest BCUT2D eigenvalue weighted by atomic mass is 9.88. The Morgan fingerprint density at radius 1 is 0.625 bits per heavy atom. The standard InChI is InChI=1S/C44H45N5O7/c1-31(34-24-26-37(50)27-25-34)48(41(52)39(35-19-10-4-11-20-35)36-21-12-5-13-22-36)38(23-14-28-47-42(45)46)40(51)49(43(53)55-29-32-15-6-2-7-16-32)44(54)56-30-33-17-8-3-9-18-33/h2-13,15-22,24-27,31,38-39,50H,14,23,28-30H2,1H3,(H4,45,46,47)/t31?,38-/m0/s1. The zero-order valence-electron chi connectivity index (χ0n) is 31.0. The molecule has 5 aromatic rings. The first-order valence-electron chi connectivity index (χ1n) is 18.2. The average molecular weight is 756 g/mol. The quantitative estimate of drug-likeness (QED) is 0.0575. The second-order valence-electron chi connectivity index (χ2n) is 13.0. The number of nitrogens with two attached hydrogens (primary N) is 2. The summed E-state index contributed by atoms with van der Waals surface area (Å²) in [5.74, 6) is -2.61. The number of aliphatic imine (C=N–C) groups is 1. The largest absolute Gasteiger partial charge is 0.508 e. The molecule has 12 heteroatoms. The summed E-state index contributed by atoms with van der Waals surface area (Å²) in [6.07, 6.45) is -2.46. The van der Waals surface area contributed by atoms with E-state index >= 15 is 9.59 Å². The summed E-state index contributed by atoms with van der Waals surface area (Å²) < 4.78 is 11.1. The number of phenolic OH excluding ortho intramolecular Hbond substituents is 1. The molecule has 0 spiro atoms. The van der Waals surface area contributed by atoms with Gasteiger partial charge in [0, 0.05) is 6.54 Å². The molecule has 0 saturated heterocycles. The van der Waals surface area contributed by atoms with Gasteiger partial charge in [0.2, 0.25) is 5.91 Å². The van der Waals surface area contributed by atoms with Gasteiger partial charge in [-0.05, 0) is 59.7 Å². The average Bonchev–Trinajstić information content (AvgIpc) is 3.22. The minimum Gasteiger partial charge on any atom is -0.508 e. The molecule has 0 saturated carbocycles. The molecule has 288 valence electrons. The molecule has 12 nitrogen and oxygen atoms in total. The normalized spacial score (nSPS) is 11.8. The fraction of sp³-hybridized carbons (Fsp3) is 0.205. The van der Waals surface area contributed by atoms with E-state index < -0.39 is 42.0 Å². The van der Waals surface area contributed by atoms with Gasteiger partial charge in [0.15, 0.2) is 5.96 Å². The monoisotopic (exact) mass is 755 g/mol. The molecule has 0 bridgehead atoms. The number of ether oxygens (including phenoxy) is 2. The molecule has 0 aliphatic rings. The minimum atomic E-state index is -1.45. The SMILES string of the molecule is CC(c1ccc(O)cc1)N(C(=O)C(c1ccccc1)c1ccccc1)[C@@H](CCCN=C(N)N)C(=O)N(C(=O)OCc1ccccc1)C(=O)OCc1ccccc1. The third-order valence-corrected chi connectivity index (χ3v) is 9.11. The number of rotatable bonds is 15. The van der Waals surface area contributed by atoms with E-state index in [2.05, 4.69) is 4.99 Å². The number of amides is 4. The molecule has 56 heavy (non-hydrogen) atoms. The van der Waals surface area contributed by atoms with Crippen molar-refractivity contribution in [3.63, 3.8) is 0 Å². The number of hydrogen-bond acceptors (Lipinski definition) is 8. The number of hydrogen-bond donors (Lipinski definition) is 3. The molecular formula is C44H45N5O7. The maximum absolute atomic E-state index is 15.4. The van der Waals surface area contributed by atoms with Gasteiger partial charge in [0.1, 0.15) is 25.0 Å². The van der Waals surface area contributed by atoms with Crippen molar-refractivity contribution in [2.75, 3.05) is 6.54 Å². The number of imide groups is 3. The topological polar surface area (TPSA) is 178 Å². The van der Waals surface area contributed by atoms with Crippen LogP contribution < -0.4 is 11.5 Å². The summed E-state index contributed by atoms with van der Waals surface area (Å²) in [5, 5.41) is 10.1. The number of carbonyl (C=O) groups is 4. The molecule has 0 aromatic heterocycles. The predicted molar refractivity (Wildman–Crippen MR) is 212 cm³/mol. The number of phenols is 1. The second-order valence-corrected chi connectivity index (χ2v) is 13.0. The van der Waals surface area contributed by atoms with Crippen LogP contribution in [0.2, 0.25) is 0 Å². The van der Waals surface area contributed by atoms with Gasteiger partial charge in [0.25, 0.3) is 5.91 Å². The second kappa shape index (κ2) is 19.9. The Labute approximate surface area is 326 Å². The molecule has 4 amide bonds. The van der Waals surface area contributed by atoms with E-state index in [-0.39, 0.29) is 44.3 Å². The maximum atomic E-state index is 15.4. The number of carbonyl (C=O) groups excluding carboxylic acids is 4.